The normalized spacial score (nSPS) is 19.4. The number of aromatic amines is 1. The molecule has 1 aromatic carbocycles. The van der Waals surface area contributed by atoms with Crippen LogP contribution in [0.25, 0.3) is 11.3 Å². The zero-order valence-electron chi connectivity index (χ0n) is 14.0. The number of halogens is 3. The fourth-order valence-corrected chi connectivity index (χ4v) is 3.15. The van der Waals surface area contributed by atoms with Gasteiger partial charge in [0.1, 0.15) is 5.69 Å². The first-order valence-electron chi connectivity index (χ1n) is 8.22. The summed E-state index contributed by atoms with van der Waals surface area (Å²) in [6.45, 7) is -0.0957. The van der Waals surface area contributed by atoms with Crippen molar-refractivity contribution in [2.75, 3.05) is 13.1 Å². The van der Waals surface area contributed by atoms with Gasteiger partial charge in [-0.1, -0.05) is 6.07 Å². The van der Waals surface area contributed by atoms with Crippen LogP contribution in [0.15, 0.2) is 42.7 Å². The molecular weight excluding hydrogens is 359 g/mol. The summed E-state index contributed by atoms with van der Waals surface area (Å²) in [4.78, 5) is 14.0. The van der Waals surface area contributed by atoms with Gasteiger partial charge in [0.25, 0.3) is 5.91 Å². The molecule has 0 spiro atoms. The summed E-state index contributed by atoms with van der Waals surface area (Å²) in [7, 11) is 0. The van der Waals surface area contributed by atoms with Crippen LogP contribution in [-0.4, -0.2) is 44.3 Å². The summed E-state index contributed by atoms with van der Waals surface area (Å²) < 4.78 is 41.8. The Morgan fingerprint density at radius 3 is 2.74 bits per heavy atom. The van der Waals surface area contributed by atoms with E-state index in [0.717, 1.165) is 12.1 Å². The van der Waals surface area contributed by atoms with E-state index in [4.69, 9.17) is 0 Å². The van der Waals surface area contributed by atoms with Gasteiger partial charge in [0.2, 0.25) is 0 Å². The van der Waals surface area contributed by atoms with Gasteiger partial charge in [0, 0.05) is 18.5 Å². The number of benzene rings is 1. The fraction of sp³-hybridized carbons (Fsp3) is 0.222. The van der Waals surface area contributed by atoms with Gasteiger partial charge in [0.15, 0.2) is 17.3 Å². The van der Waals surface area contributed by atoms with E-state index in [0.29, 0.717) is 11.3 Å². The maximum Gasteiger partial charge on any atom is 0.272 e. The Hall–Kier alpha value is -3.23. The van der Waals surface area contributed by atoms with Crippen molar-refractivity contribution in [1.82, 2.24) is 25.3 Å². The minimum atomic E-state index is -1.93. The standard InChI is InChI=1S/C18H14F3N5O/c19-13-2-1-12(7-14(13)20)18(21)4-6-26(10-18)17(27)16-8-15(24-25-16)11-3-5-22-23-9-11/h1-3,5,7-9H,4,6,10H2,(H,24,25). The Morgan fingerprint density at radius 1 is 1.15 bits per heavy atom. The van der Waals surface area contributed by atoms with Crippen LogP contribution in [0.4, 0.5) is 13.2 Å². The fourth-order valence-electron chi connectivity index (χ4n) is 3.15. The minimum Gasteiger partial charge on any atom is -0.334 e. The number of carbonyl (C=O) groups excluding carboxylic acids is 1. The van der Waals surface area contributed by atoms with Crippen LogP contribution >= 0.6 is 0 Å². The first-order valence-corrected chi connectivity index (χ1v) is 8.22. The molecule has 27 heavy (non-hydrogen) atoms. The lowest BCUT2D eigenvalue weighted by molar-refractivity contribution is 0.0744. The summed E-state index contributed by atoms with van der Waals surface area (Å²) in [6, 6.07) is 6.18. The minimum absolute atomic E-state index is 0.000911. The second kappa shape index (κ2) is 6.49. The smallest absolute Gasteiger partial charge is 0.272 e. The van der Waals surface area contributed by atoms with Gasteiger partial charge in [-0.25, -0.2) is 13.2 Å². The van der Waals surface area contributed by atoms with E-state index in [-0.39, 0.29) is 30.8 Å². The number of alkyl halides is 1. The van der Waals surface area contributed by atoms with E-state index < -0.39 is 23.2 Å². The lowest BCUT2D eigenvalue weighted by Crippen LogP contribution is -2.32. The lowest BCUT2D eigenvalue weighted by Gasteiger charge is -2.21. The number of amides is 1. The number of nitrogens with zero attached hydrogens (tertiary/aromatic N) is 4. The van der Waals surface area contributed by atoms with Crippen LogP contribution in [0.5, 0.6) is 0 Å². The first-order chi connectivity index (χ1) is 13.0. The largest absolute Gasteiger partial charge is 0.334 e. The van der Waals surface area contributed by atoms with E-state index in [1.54, 1.807) is 12.1 Å². The average Bonchev–Trinajstić information content (AvgIpc) is 3.32. The summed E-state index contributed by atoms with van der Waals surface area (Å²) >= 11 is 0. The first kappa shape index (κ1) is 17.2. The van der Waals surface area contributed by atoms with Gasteiger partial charge >= 0.3 is 0 Å². The van der Waals surface area contributed by atoms with E-state index in [1.807, 2.05) is 0 Å². The van der Waals surface area contributed by atoms with Crippen LogP contribution in [0, 0.1) is 11.6 Å². The SMILES string of the molecule is O=C(c1cc(-c2ccnnc2)n[nH]1)N1CCC(F)(c2ccc(F)c(F)c2)C1. The van der Waals surface area contributed by atoms with E-state index in [1.165, 1.54) is 23.4 Å². The molecule has 0 bridgehead atoms. The topological polar surface area (TPSA) is 74.8 Å². The molecule has 1 saturated heterocycles. The van der Waals surface area contributed by atoms with Crippen LogP contribution in [0.2, 0.25) is 0 Å². The summed E-state index contributed by atoms with van der Waals surface area (Å²) in [6.07, 6.45) is 3.01. The Balaban J connectivity index is 1.52. The number of hydrogen-bond donors (Lipinski definition) is 1. The van der Waals surface area contributed by atoms with E-state index in [2.05, 4.69) is 20.4 Å². The number of carbonyl (C=O) groups is 1. The highest BCUT2D eigenvalue weighted by Gasteiger charge is 2.42. The molecule has 3 heterocycles. The second-order valence-corrected chi connectivity index (χ2v) is 6.37. The summed E-state index contributed by atoms with van der Waals surface area (Å²) in [5.41, 5.74) is -0.508. The molecule has 0 radical (unpaired) electrons. The predicted octanol–water partition coefficient (Wildman–Crippen LogP) is 2.86. The van der Waals surface area contributed by atoms with Crippen LogP contribution < -0.4 is 0 Å². The van der Waals surface area contributed by atoms with Gasteiger partial charge in [-0.2, -0.15) is 15.3 Å². The zero-order valence-corrected chi connectivity index (χ0v) is 14.0. The molecule has 6 nitrogen and oxygen atoms in total. The van der Waals surface area contributed by atoms with Crippen LogP contribution in [0.3, 0.4) is 0 Å². The number of hydrogen-bond acceptors (Lipinski definition) is 4. The van der Waals surface area contributed by atoms with Gasteiger partial charge in [-0.05, 0) is 29.8 Å². The van der Waals surface area contributed by atoms with Crippen molar-refractivity contribution in [3.63, 3.8) is 0 Å². The molecule has 0 saturated carbocycles. The highest BCUT2D eigenvalue weighted by Crippen LogP contribution is 2.37. The third kappa shape index (κ3) is 3.16. The van der Waals surface area contributed by atoms with Crippen molar-refractivity contribution in [3.05, 3.63) is 65.6 Å². The average molecular weight is 373 g/mol. The van der Waals surface area contributed by atoms with Crippen molar-refractivity contribution in [2.24, 2.45) is 0 Å². The Labute approximate surface area is 152 Å². The Morgan fingerprint density at radius 2 is 2.00 bits per heavy atom. The molecule has 1 atom stereocenters. The van der Waals surface area contributed by atoms with E-state index in [9.17, 15) is 13.6 Å². The quantitative estimate of drug-likeness (QED) is 0.766. The van der Waals surface area contributed by atoms with Gasteiger partial charge in [-0.3, -0.25) is 9.89 Å². The van der Waals surface area contributed by atoms with Gasteiger partial charge in [0.05, 0.1) is 24.6 Å². The highest BCUT2D eigenvalue weighted by molar-refractivity contribution is 5.93. The maximum absolute atomic E-state index is 15.2. The van der Waals surface area contributed by atoms with Crippen molar-refractivity contribution >= 4 is 5.91 Å². The van der Waals surface area contributed by atoms with Crippen molar-refractivity contribution < 1.29 is 18.0 Å². The third-order valence-electron chi connectivity index (χ3n) is 4.63. The lowest BCUT2D eigenvalue weighted by atomic mass is 9.95. The summed E-state index contributed by atoms with van der Waals surface area (Å²) in [5, 5.41) is 14.1. The molecule has 1 fully saturated rings. The molecule has 3 aromatic rings. The molecule has 1 aliphatic heterocycles. The molecule has 4 rings (SSSR count). The molecule has 0 aliphatic carbocycles. The van der Waals surface area contributed by atoms with Crippen molar-refractivity contribution in [3.8, 4) is 11.3 Å². The molecule has 138 valence electrons. The van der Waals surface area contributed by atoms with Gasteiger partial charge in [-0.15, -0.1) is 0 Å². The monoisotopic (exact) mass is 373 g/mol. The maximum atomic E-state index is 15.2. The molecule has 9 heteroatoms. The zero-order chi connectivity index (χ0) is 19.0. The predicted molar refractivity (Wildman–Crippen MR) is 89.3 cm³/mol. The van der Waals surface area contributed by atoms with E-state index >= 15 is 4.39 Å². The number of likely N-dealkylation sites (tertiary alicyclic amines) is 1. The van der Waals surface area contributed by atoms with Crippen LogP contribution in [-0.2, 0) is 5.67 Å². The number of aromatic nitrogens is 4. The molecule has 1 amide bonds. The number of H-pyrrole nitrogens is 1. The highest BCUT2D eigenvalue weighted by atomic mass is 19.2. The Bertz CT molecular complexity index is 994. The third-order valence-corrected chi connectivity index (χ3v) is 4.63. The molecule has 1 N–H and O–H groups in total. The molecule has 2 aromatic heterocycles. The van der Waals surface area contributed by atoms with Crippen LogP contribution in [0.1, 0.15) is 22.5 Å². The van der Waals surface area contributed by atoms with Gasteiger partial charge < -0.3 is 4.90 Å². The number of rotatable bonds is 3. The van der Waals surface area contributed by atoms with Crippen molar-refractivity contribution in [1.29, 1.82) is 0 Å². The summed E-state index contributed by atoms with van der Waals surface area (Å²) in [5.74, 6) is -2.57. The molecular formula is C18H14F3N5O. The molecule has 1 unspecified atom stereocenters. The Kier molecular flexibility index (Phi) is 4.14. The second-order valence-electron chi connectivity index (χ2n) is 6.37. The molecule has 1 aliphatic rings. The number of nitrogens with one attached hydrogen (secondary N) is 1. The van der Waals surface area contributed by atoms with Crippen molar-refractivity contribution in [2.45, 2.75) is 12.1 Å².